The van der Waals surface area contributed by atoms with Gasteiger partial charge in [0.05, 0.1) is 12.0 Å². The van der Waals surface area contributed by atoms with Crippen molar-refractivity contribution in [3.63, 3.8) is 0 Å². The molecule has 2 N–H and O–H groups in total. The summed E-state index contributed by atoms with van der Waals surface area (Å²) >= 11 is 0. The van der Waals surface area contributed by atoms with Gasteiger partial charge < -0.3 is 10.4 Å². The number of hydrogen-bond acceptors (Lipinski definition) is 2. The Labute approximate surface area is 113 Å². The van der Waals surface area contributed by atoms with Crippen LogP contribution in [0.25, 0.3) is 0 Å². The predicted octanol–water partition coefficient (Wildman–Crippen LogP) is 2.45. The summed E-state index contributed by atoms with van der Waals surface area (Å²) < 4.78 is 13.1. The Morgan fingerprint density at radius 2 is 2.11 bits per heavy atom. The van der Waals surface area contributed by atoms with Crippen LogP contribution in [0.4, 0.5) is 4.39 Å². The lowest BCUT2D eigenvalue weighted by molar-refractivity contribution is -0.122. The zero-order chi connectivity index (χ0) is 14.4. The van der Waals surface area contributed by atoms with Crippen molar-refractivity contribution in [1.29, 1.82) is 0 Å². The van der Waals surface area contributed by atoms with E-state index in [0.29, 0.717) is 5.56 Å². The molecule has 0 fully saturated rings. The van der Waals surface area contributed by atoms with Gasteiger partial charge in [-0.05, 0) is 30.5 Å². The highest BCUT2D eigenvalue weighted by Crippen LogP contribution is 2.16. The van der Waals surface area contributed by atoms with Gasteiger partial charge in [0.25, 0.3) is 0 Å². The fourth-order valence-electron chi connectivity index (χ4n) is 1.76. The van der Waals surface area contributed by atoms with E-state index in [9.17, 15) is 14.3 Å². The monoisotopic (exact) mass is 267 g/mol. The van der Waals surface area contributed by atoms with E-state index >= 15 is 0 Å². The molecule has 0 aliphatic heterocycles. The smallest absolute Gasteiger partial charge is 0.227 e. The van der Waals surface area contributed by atoms with Crippen LogP contribution in [-0.2, 0) is 4.79 Å². The molecule has 0 saturated carbocycles. The van der Waals surface area contributed by atoms with E-state index in [0.717, 1.165) is 6.42 Å². The zero-order valence-electron chi connectivity index (χ0n) is 11.7. The van der Waals surface area contributed by atoms with E-state index in [-0.39, 0.29) is 24.2 Å². The van der Waals surface area contributed by atoms with Gasteiger partial charge in [-0.1, -0.05) is 32.4 Å². The summed E-state index contributed by atoms with van der Waals surface area (Å²) in [5.74, 6) is -0.839. The number of aliphatic hydroxyl groups excluding tert-OH is 1. The molecule has 1 aromatic carbocycles. The van der Waals surface area contributed by atoms with Crippen molar-refractivity contribution < 1.29 is 14.3 Å². The molecule has 0 aromatic heterocycles. The molecule has 106 valence electrons. The highest BCUT2D eigenvalue weighted by Gasteiger charge is 2.18. The lowest BCUT2D eigenvalue weighted by atomic mass is 9.99. The molecule has 3 unspecified atom stereocenters. The molecule has 0 radical (unpaired) electrons. The third-order valence-corrected chi connectivity index (χ3v) is 3.53. The Kier molecular flexibility index (Phi) is 5.96. The minimum atomic E-state index is -0.548. The Bertz CT molecular complexity index is 422. The largest absolute Gasteiger partial charge is 0.391 e. The maximum absolute atomic E-state index is 13.1. The molecule has 19 heavy (non-hydrogen) atoms. The van der Waals surface area contributed by atoms with Gasteiger partial charge in [-0.3, -0.25) is 4.79 Å². The molecule has 4 heteroatoms. The fourth-order valence-corrected chi connectivity index (χ4v) is 1.76. The molecule has 0 saturated heterocycles. The van der Waals surface area contributed by atoms with Crippen LogP contribution in [0.1, 0.15) is 38.7 Å². The Balaban J connectivity index is 2.54. The number of rotatable bonds is 6. The third kappa shape index (κ3) is 4.63. The highest BCUT2D eigenvalue weighted by molar-refractivity contribution is 5.83. The van der Waals surface area contributed by atoms with E-state index in [2.05, 4.69) is 5.32 Å². The number of hydrogen-bond donors (Lipinski definition) is 2. The number of carbonyl (C=O) groups is 1. The summed E-state index contributed by atoms with van der Waals surface area (Å²) in [6.45, 7) is 5.88. The standard InChI is InChI=1S/C15H22FNO2/c1-4-10(2)14(18)9-17-15(19)11(3)12-6-5-7-13(16)8-12/h5-8,10-11,14,18H,4,9H2,1-3H3,(H,17,19). The van der Waals surface area contributed by atoms with Crippen LogP contribution in [0.15, 0.2) is 24.3 Å². The van der Waals surface area contributed by atoms with Gasteiger partial charge >= 0.3 is 0 Å². The van der Waals surface area contributed by atoms with Crippen molar-refractivity contribution in [2.24, 2.45) is 5.92 Å². The Morgan fingerprint density at radius 1 is 1.42 bits per heavy atom. The topological polar surface area (TPSA) is 49.3 Å². The summed E-state index contributed by atoms with van der Waals surface area (Å²) in [5, 5.41) is 12.5. The van der Waals surface area contributed by atoms with Gasteiger partial charge in [0.1, 0.15) is 5.82 Å². The van der Waals surface area contributed by atoms with Crippen LogP contribution in [-0.4, -0.2) is 23.7 Å². The van der Waals surface area contributed by atoms with Crippen LogP contribution in [0.5, 0.6) is 0 Å². The van der Waals surface area contributed by atoms with Crippen LogP contribution in [0.2, 0.25) is 0 Å². The molecule has 0 aliphatic carbocycles. The lowest BCUT2D eigenvalue weighted by Crippen LogP contribution is -2.37. The average molecular weight is 267 g/mol. The number of nitrogens with one attached hydrogen (secondary N) is 1. The van der Waals surface area contributed by atoms with E-state index in [1.807, 2.05) is 13.8 Å². The first-order valence-corrected chi connectivity index (χ1v) is 6.67. The molecule has 0 heterocycles. The van der Waals surface area contributed by atoms with Crippen LogP contribution in [0.3, 0.4) is 0 Å². The quantitative estimate of drug-likeness (QED) is 0.831. The summed E-state index contributed by atoms with van der Waals surface area (Å²) in [5.41, 5.74) is 0.635. The molecule has 0 spiro atoms. The molecule has 1 aromatic rings. The second-order valence-corrected chi connectivity index (χ2v) is 4.97. The summed E-state index contributed by atoms with van der Waals surface area (Å²) in [6.07, 6.45) is 0.310. The van der Waals surface area contributed by atoms with E-state index in [4.69, 9.17) is 0 Å². The molecule has 0 bridgehead atoms. The van der Waals surface area contributed by atoms with E-state index < -0.39 is 12.0 Å². The first-order valence-electron chi connectivity index (χ1n) is 6.67. The molecule has 1 rings (SSSR count). The summed E-state index contributed by atoms with van der Waals surface area (Å²) in [6, 6.07) is 6.01. The van der Waals surface area contributed by atoms with E-state index in [1.54, 1.807) is 19.1 Å². The van der Waals surface area contributed by atoms with Gasteiger partial charge in [0.2, 0.25) is 5.91 Å². The average Bonchev–Trinajstić information content (AvgIpc) is 2.42. The number of benzene rings is 1. The van der Waals surface area contributed by atoms with Gasteiger partial charge in [0.15, 0.2) is 0 Å². The van der Waals surface area contributed by atoms with E-state index in [1.165, 1.54) is 12.1 Å². The number of amides is 1. The van der Waals surface area contributed by atoms with Crippen molar-refractivity contribution >= 4 is 5.91 Å². The predicted molar refractivity (Wildman–Crippen MR) is 73.3 cm³/mol. The zero-order valence-corrected chi connectivity index (χ0v) is 11.7. The molecular weight excluding hydrogens is 245 g/mol. The van der Waals surface area contributed by atoms with Crippen molar-refractivity contribution in [3.05, 3.63) is 35.6 Å². The second-order valence-electron chi connectivity index (χ2n) is 4.97. The Morgan fingerprint density at radius 3 is 2.68 bits per heavy atom. The van der Waals surface area contributed by atoms with Crippen molar-refractivity contribution in [2.45, 2.75) is 39.2 Å². The van der Waals surface area contributed by atoms with Crippen LogP contribution < -0.4 is 5.32 Å². The number of aliphatic hydroxyl groups is 1. The third-order valence-electron chi connectivity index (χ3n) is 3.53. The maximum atomic E-state index is 13.1. The van der Waals surface area contributed by atoms with Crippen molar-refractivity contribution in [2.75, 3.05) is 6.54 Å². The van der Waals surface area contributed by atoms with Crippen molar-refractivity contribution in [3.8, 4) is 0 Å². The molecule has 3 atom stereocenters. The number of halogens is 1. The second kappa shape index (κ2) is 7.24. The Hall–Kier alpha value is -1.42. The summed E-state index contributed by atoms with van der Waals surface area (Å²) in [4.78, 5) is 11.9. The first-order chi connectivity index (χ1) is 8.95. The van der Waals surface area contributed by atoms with Crippen LogP contribution >= 0.6 is 0 Å². The first kappa shape index (κ1) is 15.6. The van der Waals surface area contributed by atoms with Gasteiger partial charge in [0, 0.05) is 6.54 Å². The maximum Gasteiger partial charge on any atom is 0.227 e. The minimum absolute atomic E-state index is 0.143. The fraction of sp³-hybridized carbons (Fsp3) is 0.533. The SMILES string of the molecule is CCC(C)C(O)CNC(=O)C(C)c1cccc(F)c1. The normalized spacial score (nSPS) is 15.6. The molecule has 0 aliphatic rings. The number of carbonyl (C=O) groups excluding carboxylic acids is 1. The highest BCUT2D eigenvalue weighted by atomic mass is 19.1. The minimum Gasteiger partial charge on any atom is -0.391 e. The lowest BCUT2D eigenvalue weighted by Gasteiger charge is -2.19. The van der Waals surface area contributed by atoms with Gasteiger partial charge in [-0.15, -0.1) is 0 Å². The molecule has 1 amide bonds. The van der Waals surface area contributed by atoms with Gasteiger partial charge in [-0.25, -0.2) is 4.39 Å². The molecular formula is C15H22FNO2. The van der Waals surface area contributed by atoms with Crippen molar-refractivity contribution in [1.82, 2.24) is 5.32 Å². The molecule has 3 nitrogen and oxygen atoms in total. The summed E-state index contributed by atoms with van der Waals surface area (Å²) in [7, 11) is 0. The van der Waals surface area contributed by atoms with Gasteiger partial charge in [-0.2, -0.15) is 0 Å². The van der Waals surface area contributed by atoms with Crippen LogP contribution in [0, 0.1) is 11.7 Å².